The maximum absolute atomic E-state index is 15.0. The van der Waals surface area contributed by atoms with Crippen molar-refractivity contribution in [1.82, 2.24) is 20.0 Å². The number of hydrogen-bond donors (Lipinski definition) is 1. The lowest BCUT2D eigenvalue weighted by molar-refractivity contribution is -0.148. The summed E-state index contributed by atoms with van der Waals surface area (Å²) in [7, 11) is 0. The summed E-state index contributed by atoms with van der Waals surface area (Å²) < 4.78 is 15.0. The molecule has 9 heteroatoms. The molecule has 212 valence electrons. The van der Waals surface area contributed by atoms with E-state index in [-0.39, 0.29) is 36.3 Å². The van der Waals surface area contributed by atoms with Gasteiger partial charge in [-0.25, -0.2) is 9.49 Å². The third kappa shape index (κ3) is 4.77. The van der Waals surface area contributed by atoms with Crippen molar-refractivity contribution in [2.75, 3.05) is 13.1 Å². The second-order valence-electron chi connectivity index (χ2n) is 11.9. The van der Waals surface area contributed by atoms with Crippen LogP contribution < -0.4 is 5.56 Å². The number of aromatic amines is 1. The number of benzene rings is 2. The Morgan fingerprint density at radius 1 is 0.976 bits per heavy atom. The molecule has 2 bridgehead atoms. The average Bonchev–Trinajstić information content (AvgIpc) is 3.61. The second kappa shape index (κ2) is 10.4. The van der Waals surface area contributed by atoms with Crippen LogP contribution in [0, 0.1) is 5.82 Å². The van der Waals surface area contributed by atoms with Crippen molar-refractivity contribution < 1.29 is 18.8 Å². The van der Waals surface area contributed by atoms with Crippen LogP contribution in [0.3, 0.4) is 0 Å². The Labute approximate surface area is 237 Å². The third-order valence-electron chi connectivity index (χ3n) is 9.04. The highest BCUT2D eigenvalue weighted by atomic mass is 19.1. The normalized spacial score (nSPS) is 19.8. The summed E-state index contributed by atoms with van der Waals surface area (Å²) in [5, 5.41) is 6.86. The molecule has 2 amide bonds. The number of amides is 2. The molecule has 0 saturated carbocycles. The molecule has 1 N–H and O–H groups in total. The average molecular weight is 557 g/mol. The zero-order chi connectivity index (χ0) is 28.9. The number of nitrogens with one attached hydrogen (secondary N) is 1. The van der Waals surface area contributed by atoms with Crippen molar-refractivity contribution in [2.24, 2.45) is 0 Å². The minimum atomic E-state index is -0.973. The number of likely N-dealkylation sites (tertiary alicyclic amines) is 2. The number of carbonyl (C=O) groups excluding carboxylic acids is 3. The second-order valence-corrected chi connectivity index (χ2v) is 11.9. The van der Waals surface area contributed by atoms with E-state index in [1.165, 1.54) is 6.07 Å². The molecule has 2 fully saturated rings. The van der Waals surface area contributed by atoms with E-state index >= 15 is 0 Å². The van der Waals surface area contributed by atoms with Crippen molar-refractivity contribution >= 4 is 17.6 Å². The van der Waals surface area contributed by atoms with E-state index in [1.54, 1.807) is 35.8 Å². The number of rotatable bonds is 6. The summed E-state index contributed by atoms with van der Waals surface area (Å²) in [6.45, 7) is 4.01. The Bertz CT molecular complexity index is 1600. The van der Waals surface area contributed by atoms with E-state index in [9.17, 15) is 23.6 Å². The van der Waals surface area contributed by atoms with Gasteiger partial charge in [-0.05, 0) is 74.8 Å². The van der Waals surface area contributed by atoms with Gasteiger partial charge in [-0.15, -0.1) is 0 Å². The van der Waals surface area contributed by atoms with Crippen LogP contribution >= 0.6 is 0 Å². The van der Waals surface area contributed by atoms with Crippen molar-refractivity contribution in [1.29, 1.82) is 0 Å². The molecule has 1 aromatic heterocycles. The highest BCUT2D eigenvalue weighted by Crippen LogP contribution is 2.34. The van der Waals surface area contributed by atoms with Crippen LogP contribution in [0.2, 0.25) is 0 Å². The first kappa shape index (κ1) is 27.1. The summed E-state index contributed by atoms with van der Waals surface area (Å²) in [4.78, 5) is 55.5. The van der Waals surface area contributed by atoms with Crippen LogP contribution in [-0.2, 0) is 34.3 Å². The first-order valence-electron chi connectivity index (χ1n) is 14.2. The maximum atomic E-state index is 15.0. The molecule has 2 atom stereocenters. The molecule has 2 saturated heterocycles. The Kier molecular flexibility index (Phi) is 6.83. The molecule has 3 heterocycles. The fraction of sp³-hybridized carbons (Fsp3) is 0.406. The van der Waals surface area contributed by atoms with Gasteiger partial charge in [0.05, 0.1) is 28.8 Å². The van der Waals surface area contributed by atoms with Crippen LogP contribution in [0.1, 0.15) is 71.4 Å². The fourth-order valence-electron chi connectivity index (χ4n) is 6.62. The number of piperazine rings is 1. The van der Waals surface area contributed by atoms with E-state index < -0.39 is 28.8 Å². The highest BCUT2D eigenvalue weighted by molar-refractivity contribution is 6.39. The standard InChI is InChI=1S/C32H33FN4O4/c1-32(2,20-8-4-3-5-9-20)28(38)31(41)37-18-21-16-22(37)17-36(21)30(40)25-14-19(12-13-26(25)33)15-27-23-10-6-7-11-24(23)29(39)35-34-27/h3-5,8-9,12-14,21-22H,6-7,10-11,15-18H2,1-2H3,(H,35,39)/t21-,22-/m0/s1. The lowest BCUT2D eigenvalue weighted by Crippen LogP contribution is -2.54. The predicted molar refractivity (Wildman–Crippen MR) is 150 cm³/mol. The largest absolute Gasteiger partial charge is 0.332 e. The summed E-state index contributed by atoms with van der Waals surface area (Å²) in [6, 6.07) is 13.2. The third-order valence-corrected chi connectivity index (χ3v) is 9.04. The number of hydrogen-bond acceptors (Lipinski definition) is 5. The predicted octanol–water partition coefficient (Wildman–Crippen LogP) is 3.35. The Balaban J connectivity index is 1.16. The van der Waals surface area contributed by atoms with Crippen molar-refractivity contribution in [2.45, 2.75) is 69.9 Å². The molecule has 1 aliphatic carbocycles. The van der Waals surface area contributed by atoms with E-state index in [0.29, 0.717) is 12.8 Å². The smallest absolute Gasteiger partial charge is 0.291 e. The number of fused-ring (bicyclic) bond motifs is 3. The molecular weight excluding hydrogens is 523 g/mol. The Hall–Kier alpha value is -4.14. The molecule has 8 nitrogen and oxygen atoms in total. The van der Waals surface area contributed by atoms with Crippen LogP contribution in [0.15, 0.2) is 53.3 Å². The van der Waals surface area contributed by atoms with Gasteiger partial charge >= 0.3 is 0 Å². The molecule has 3 aliphatic rings. The van der Waals surface area contributed by atoms with E-state index in [4.69, 9.17) is 0 Å². The summed E-state index contributed by atoms with van der Waals surface area (Å²) in [5.74, 6) is -2.05. The molecule has 3 aromatic rings. The first-order chi connectivity index (χ1) is 19.6. The van der Waals surface area contributed by atoms with Crippen molar-refractivity contribution in [3.05, 3.63) is 98.2 Å². The number of halogens is 1. The highest BCUT2D eigenvalue weighted by Gasteiger charge is 2.50. The van der Waals surface area contributed by atoms with Gasteiger partial charge < -0.3 is 9.80 Å². The molecule has 2 aromatic carbocycles. The number of ketones is 1. The lowest BCUT2D eigenvalue weighted by atomic mass is 9.80. The van der Waals surface area contributed by atoms with Gasteiger partial charge in [-0.2, -0.15) is 5.10 Å². The number of Topliss-reactive ketones (excluding diaryl/α,β-unsaturated/α-hetero) is 1. The summed E-state index contributed by atoms with van der Waals surface area (Å²) in [6.07, 6.45) is 4.41. The number of aromatic nitrogens is 2. The molecule has 6 rings (SSSR count). The lowest BCUT2D eigenvalue weighted by Gasteiger charge is -2.35. The molecule has 41 heavy (non-hydrogen) atoms. The van der Waals surface area contributed by atoms with Crippen LogP contribution in [0.5, 0.6) is 0 Å². The Morgan fingerprint density at radius 2 is 1.66 bits per heavy atom. The van der Waals surface area contributed by atoms with Gasteiger partial charge in [0.15, 0.2) is 0 Å². The van der Waals surface area contributed by atoms with Crippen molar-refractivity contribution in [3.63, 3.8) is 0 Å². The molecular formula is C32H33FN4O4. The minimum Gasteiger partial charge on any atom is -0.332 e. The quantitative estimate of drug-likeness (QED) is 0.469. The monoisotopic (exact) mass is 556 g/mol. The van der Waals surface area contributed by atoms with Gasteiger partial charge in [0.25, 0.3) is 17.4 Å². The van der Waals surface area contributed by atoms with Gasteiger partial charge in [0.2, 0.25) is 5.78 Å². The number of H-pyrrole nitrogens is 1. The zero-order valence-corrected chi connectivity index (χ0v) is 23.3. The SMILES string of the molecule is CC(C)(C(=O)C(=O)N1C[C@@H]2C[C@H]1CN2C(=O)c1cc(Cc2n[nH]c(=O)c3c2CCCC3)ccc1F)c1ccccc1. The first-order valence-corrected chi connectivity index (χ1v) is 14.2. The maximum Gasteiger partial charge on any atom is 0.291 e. The van der Waals surface area contributed by atoms with Gasteiger partial charge in [-0.1, -0.05) is 36.4 Å². The van der Waals surface area contributed by atoms with Gasteiger partial charge in [0.1, 0.15) is 5.82 Å². The molecule has 0 spiro atoms. The van der Waals surface area contributed by atoms with Gasteiger partial charge in [-0.3, -0.25) is 19.2 Å². The number of carbonyl (C=O) groups is 3. The van der Waals surface area contributed by atoms with Crippen molar-refractivity contribution in [3.8, 4) is 0 Å². The minimum absolute atomic E-state index is 0.0208. The van der Waals surface area contributed by atoms with E-state index in [1.807, 2.05) is 30.3 Å². The number of nitrogens with zero attached hydrogens (tertiary/aromatic N) is 3. The van der Waals surface area contributed by atoms with Crippen LogP contribution in [0.4, 0.5) is 4.39 Å². The molecule has 2 aliphatic heterocycles. The topological polar surface area (TPSA) is 103 Å². The fourth-order valence-corrected chi connectivity index (χ4v) is 6.62. The molecule has 0 unspecified atom stereocenters. The van der Waals surface area contributed by atoms with E-state index in [2.05, 4.69) is 10.2 Å². The van der Waals surface area contributed by atoms with Crippen LogP contribution in [0.25, 0.3) is 0 Å². The Morgan fingerprint density at radius 3 is 2.37 bits per heavy atom. The zero-order valence-electron chi connectivity index (χ0n) is 23.3. The van der Waals surface area contributed by atoms with Gasteiger partial charge in [0, 0.05) is 25.1 Å². The summed E-state index contributed by atoms with van der Waals surface area (Å²) in [5.41, 5.74) is 2.85. The van der Waals surface area contributed by atoms with Crippen LogP contribution in [-0.4, -0.2) is 62.8 Å². The van der Waals surface area contributed by atoms with E-state index in [0.717, 1.165) is 53.6 Å². The molecule has 0 radical (unpaired) electrons. The summed E-state index contributed by atoms with van der Waals surface area (Å²) >= 11 is 0.